The second-order valence-corrected chi connectivity index (χ2v) is 7.20. The van der Waals surface area contributed by atoms with Gasteiger partial charge >= 0.3 is 6.03 Å². The summed E-state index contributed by atoms with van der Waals surface area (Å²) >= 11 is 0. The second-order valence-electron chi connectivity index (χ2n) is 7.20. The predicted molar refractivity (Wildman–Crippen MR) is 94.6 cm³/mol. The molecule has 2 aliphatic rings. The third-order valence-corrected chi connectivity index (χ3v) is 5.35. The number of halogens is 1. The fourth-order valence-electron chi connectivity index (χ4n) is 3.92. The van der Waals surface area contributed by atoms with Crippen LogP contribution in [0.3, 0.4) is 0 Å². The maximum atomic E-state index is 13.7. The molecule has 2 amide bonds. The van der Waals surface area contributed by atoms with E-state index >= 15 is 0 Å². The summed E-state index contributed by atoms with van der Waals surface area (Å²) in [6.07, 6.45) is 6.10. The van der Waals surface area contributed by atoms with E-state index in [0.29, 0.717) is 12.0 Å². The number of nitrogens with one attached hydrogen (secondary N) is 1. The first-order valence-electron chi connectivity index (χ1n) is 9.18. The molecule has 132 valence electrons. The Balaban J connectivity index is 1.55. The maximum absolute atomic E-state index is 13.7. The number of carbonyl (C=O) groups excluding carboxylic acids is 1. The van der Waals surface area contributed by atoms with Crippen LogP contribution in [0, 0.1) is 11.7 Å². The molecule has 0 bridgehead atoms. The van der Waals surface area contributed by atoms with Crippen molar-refractivity contribution >= 4 is 11.7 Å². The lowest BCUT2D eigenvalue weighted by Gasteiger charge is -2.39. The third-order valence-electron chi connectivity index (χ3n) is 5.35. The lowest BCUT2D eigenvalue weighted by atomic mass is 9.95. The van der Waals surface area contributed by atoms with Crippen LogP contribution in [0.15, 0.2) is 24.3 Å². The summed E-state index contributed by atoms with van der Waals surface area (Å²) in [6.45, 7) is 6.09. The molecule has 2 heterocycles. The van der Waals surface area contributed by atoms with Crippen LogP contribution in [0.2, 0.25) is 0 Å². The van der Waals surface area contributed by atoms with E-state index in [0.717, 1.165) is 26.1 Å². The summed E-state index contributed by atoms with van der Waals surface area (Å²) in [5, 5.41) is 2.71. The molecule has 2 fully saturated rings. The lowest BCUT2D eigenvalue weighted by Crippen LogP contribution is -2.47. The Labute approximate surface area is 144 Å². The number of anilines is 1. The quantitative estimate of drug-likeness (QED) is 0.909. The number of nitrogens with zero attached hydrogens (tertiary/aromatic N) is 2. The van der Waals surface area contributed by atoms with Crippen molar-refractivity contribution in [1.82, 2.24) is 9.80 Å². The number of hydrogen-bond donors (Lipinski definition) is 1. The van der Waals surface area contributed by atoms with E-state index in [1.54, 1.807) is 18.2 Å². The number of rotatable bonds is 3. The van der Waals surface area contributed by atoms with Crippen molar-refractivity contribution < 1.29 is 9.18 Å². The minimum absolute atomic E-state index is 0.184. The van der Waals surface area contributed by atoms with Crippen molar-refractivity contribution in [2.24, 2.45) is 5.92 Å². The average molecular weight is 333 g/mol. The predicted octanol–water partition coefficient (Wildman–Crippen LogP) is 3.94. The third kappa shape index (κ3) is 4.26. The molecule has 4 nitrogen and oxygen atoms in total. The van der Waals surface area contributed by atoms with E-state index in [9.17, 15) is 9.18 Å². The SMILES string of the molecule is CC1CCCCN1CC1CCCN(C(=O)Nc2ccccc2F)C1. The Hall–Kier alpha value is -1.62. The van der Waals surface area contributed by atoms with Crippen LogP contribution in [0.25, 0.3) is 0 Å². The van der Waals surface area contributed by atoms with Crippen LogP contribution >= 0.6 is 0 Å². The largest absolute Gasteiger partial charge is 0.324 e. The van der Waals surface area contributed by atoms with Crippen LogP contribution < -0.4 is 5.32 Å². The zero-order valence-corrected chi connectivity index (χ0v) is 14.5. The topological polar surface area (TPSA) is 35.6 Å². The Morgan fingerprint density at radius 2 is 2.04 bits per heavy atom. The van der Waals surface area contributed by atoms with E-state index in [1.807, 2.05) is 4.90 Å². The van der Waals surface area contributed by atoms with Gasteiger partial charge in [0.05, 0.1) is 5.69 Å². The molecule has 1 aromatic carbocycles. The average Bonchev–Trinajstić information content (AvgIpc) is 2.59. The van der Waals surface area contributed by atoms with Gasteiger partial charge in [0.25, 0.3) is 0 Å². The van der Waals surface area contributed by atoms with Gasteiger partial charge in [0.2, 0.25) is 0 Å². The number of likely N-dealkylation sites (tertiary alicyclic amines) is 2. The Kier molecular flexibility index (Phi) is 5.72. The normalized spacial score (nSPS) is 25.5. The Morgan fingerprint density at radius 3 is 2.83 bits per heavy atom. The summed E-state index contributed by atoms with van der Waals surface area (Å²) in [6, 6.07) is 6.80. The first-order valence-corrected chi connectivity index (χ1v) is 9.18. The van der Waals surface area contributed by atoms with Crippen LogP contribution in [-0.4, -0.2) is 48.1 Å². The number of urea groups is 1. The molecule has 1 N–H and O–H groups in total. The van der Waals surface area contributed by atoms with Crippen LogP contribution in [0.5, 0.6) is 0 Å². The zero-order chi connectivity index (χ0) is 16.9. The molecule has 0 aromatic heterocycles. The van der Waals surface area contributed by atoms with Gasteiger partial charge in [0.15, 0.2) is 0 Å². The molecule has 2 aliphatic heterocycles. The van der Waals surface area contributed by atoms with Gasteiger partial charge in [0, 0.05) is 25.7 Å². The smallest absolute Gasteiger partial charge is 0.321 e. The number of carbonyl (C=O) groups is 1. The summed E-state index contributed by atoms with van der Waals surface area (Å²) in [7, 11) is 0. The van der Waals surface area contributed by atoms with E-state index in [-0.39, 0.29) is 17.5 Å². The van der Waals surface area contributed by atoms with Crippen molar-refractivity contribution in [3.8, 4) is 0 Å². The highest BCUT2D eigenvalue weighted by atomic mass is 19.1. The molecule has 0 saturated carbocycles. The minimum atomic E-state index is -0.387. The Bertz CT molecular complexity index is 565. The number of benzene rings is 1. The van der Waals surface area contributed by atoms with Gasteiger partial charge in [-0.1, -0.05) is 18.6 Å². The summed E-state index contributed by atoms with van der Waals surface area (Å²) in [4.78, 5) is 16.9. The van der Waals surface area contributed by atoms with Crippen LogP contribution in [-0.2, 0) is 0 Å². The first kappa shape index (κ1) is 17.2. The van der Waals surface area contributed by atoms with Crippen molar-refractivity contribution in [2.45, 2.75) is 45.1 Å². The summed E-state index contributed by atoms with van der Waals surface area (Å²) in [5.41, 5.74) is 0.259. The zero-order valence-electron chi connectivity index (χ0n) is 14.5. The lowest BCUT2D eigenvalue weighted by molar-refractivity contribution is 0.104. The highest BCUT2D eigenvalue weighted by Gasteiger charge is 2.27. The van der Waals surface area contributed by atoms with Crippen molar-refractivity contribution in [1.29, 1.82) is 0 Å². The molecule has 3 rings (SSSR count). The van der Waals surface area contributed by atoms with Crippen molar-refractivity contribution in [3.63, 3.8) is 0 Å². The van der Waals surface area contributed by atoms with Gasteiger partial charge in [-0.15, -0.1) is 0 Å². The number of para-hydroxylation sites is 1. The van der Waals surface area contributed by atoms with Gasteiger partial charge in [-0.3, -0.25) is 0 Å². The molecule has 24 heavy (non-hydrogen) atoms. The van der Waals surface area contributed by atoms with E-state index < -0.39 is 0 Å². The molecule has 1 aromatic rings. The molecule has 0 spiro atoms. The number of hydrogen-bond acceptors (Lipinski definition) is 2. The molecular formula is C19H28FN3O. The monoisotopic (exact) mass is 333 g/mol. The molecule has 0 aliphatic carbocycles. The first-order chi connectivity index (χ1) is 11.6. The van der Waals surface area contributed by atoms with Crippen LogP contribution in [0.4, 0.5) is 14.9 Å². The van der Waals surface area contributed by atoms with E-state index in [4.69, 9.17) is 0 Å². The summed E-state index contributed by atoms with van der Waals surface area (Å²) < 4.78 is 13.7. The van der Waals surface area contributed by atoms with Gasteiger partial charge in [-0.05, 0) is 57.2 Å². The molecule has 2 atom stereocenters. The van der Waals surface area contributed by atoms with E-state index in [2.05, 4.69) is 17.1 Å². The van der Waals surface area contributed by atoms with Crippen LogP contribution in [0.1, 0.15) is 39.0 Å². The highest BCUT2D eigenvalue weighted by molar-refractivity contribution is 5.89. The maximum Gasteiger partial charge on any atom is 0.321 e. The number of piperidine rings is 2. The molecule has 2 saturated heterocycles. The van der Waals surface area contributed by atoms with E-state index in [1.165, 1.54) is 38.3 Å². The van der Waals surface area contributed by atoms with Gasteiger partial charge in [-0.25, -0.2) is 9.18 Å². The fraction of sp³-hybridized carbons (Fsp3) is 0.632. The standard InChI is InChI=1S/C19H28FN3O/c1-15-7-4-5-11-22(15)13-16-8-6-12-23(14-16)19(24)21-18-10-3-2-9-17(18)20/h2-3,9-10,15-16H,4-8,11-14H2,1H3,(H,21,24). The fourth-order valence-corrected chi connectivity index (χ4v) is 3.92. The number of amides is 2. The van der Waals surface area contributed by atoms with Gasteiger partial charge in [-0.2, -0.15) is 0 Å². The van der Waals surface area contributed by atoms with Crippen molar-refractivity contribution in [3.05, 3.63) is 30.1 Å². The second kappa shape index (κ2) is 7.97. The van der Waals surface area contributed by atoms with Gasteiger partial charge < -0.3 is 15.1 Å². The van der Waals surface area contributed by atoms with Gasteiger partial charge in [0.1, 0.15) is 5.82 Å². The molecular weight excluding hydrogens is 305 g/mol. The highest BCUT2D eigenvalue weighted by Crippen LogP contribution is 2.23. The summed E-state index contributed by atoms with van der Waals surface area (Å²) in [5.74, 6) is 0.132. The molecule has 2 unspecified atom stereocenters. The Morgan fingerprint density at radius 1 is 1.21 bits per heavy atom. The molecule has 5 heteroatoms. The van der Waals surface area contributed by atoms with Crippen molar-refractivity contribution in [2.75, 3.05) is 31.5 Å². The minimum Gasteiger partial charge on any atom is -0.324 e. The molecule has 0 radical (unpaired) electrons.